The van der Waals surface area contributed by atoms with Gasteiger partial charge in [0.2, 0.25) is 0 Å². The minimum Gasteiger partial charge on any atom is -0.497 e. The number of nitrogens with zero attached hydrogens (tertiary/aromatic N) is 1. The Kier molecular flexibility index (Phi) is 6.27. The highest BCUT2D eigenvalue weighted by Crippen LogP contribution is 2.20. The van der Waals surface area contributed by atoms with Gasteiger partial charge < -0.3 is 24.1 Å². The van der Waals surface area contributed by atoms with Crippen molar-refractivity contribution in [2.24, 2.45) is 0 Å². The van der Waals surface area contributed by atoms with Gasteiger partial charge in [0.05, 0.1) is 26.3 Å². The van der Waals surface area contributed by atoms with Gasteiger partial charge in [0, 0.05) is 12.7 Å². The molecule has 7 nitrogen and oxygen atoms in total. The van der Waals surface area contributed by atoms with Crippen molar-refractivity contribution in [2.75, 3.05) is 34.4 Å². The van der Waals surface area contributed by atoms with Crippen LogP contribution in [0.25, 0.3) is 0 Å². The topological polar surface area (TPSA) is 80.9 Å². The largest absolute Gasteiger partial charge is 0.497 e. The number of aromatic nitrogens is 1. The highest BCUT2D eigenvalue weighted by atomic mass is 16.5. The molecule has 0 aliphatic rings. The van der Waals surface area contributed by atoms with E-state index in [4.69, 9.17) is 14.2 Å². The van der Waals surface area contributed by atoms with Crippen LogP contribution >= 0.6 is 0 Å². The molecule has 0 aliphatic heterocycles. The lowest BCUT2D eigenvalue weighted by molar-refractivity contribution is 0.0599. The molecule has 2 rings (SSSR count). The van der Waals surface area contributed by atoms with Crippen molar-refractivity contribution in [1.29, 1.82) is 0 Å². The molecule has 140 valence electrons. The number of aromatic amines is 1. The number of ether oxygens (including phenoxy) is 3. The Morgan fingerprint density at radius 1 is 1.08 bits per heavy atom. The highest BCUT2D eigenvalue weighted by Gasteiger charge is 2.24. The number of nitrogens with one attached hydrogen (secondary N) is 1. The summed E-state index contributed by atoms with van der Waals surface area (Å²) in [7, 11) is 4.61. The molecule has 0 spiro atoms. The van der Waals surface area contributed by atoms with Crippen LogP contribution in [0.2, 0.25) is 0 Å². The second-order valence-corrected chi connectivity index (χ2v) is 5.87. The molecule has 1 N–H and O–H groups in total. The third-order valence-electron chi connectivity index (χ3n) is 4.14. The van der Waals surface area contributed by atoms with Gasteiger partial charge in [-0.3, -0.25) is 4.79 Å². The van der Waals surface area contributed by atoms with E-state index in [0.717, 1.165) is 5.75 Å². The predicted molar refractivity (Wildman–Crippen MR) is 97.1 cm³/mol. The Hall–Kier alpha value is -2.96. The summed E-state index contributed by atoms with van der Waals surface area (Å²) in [4.78, 5) is 29.0. The fraction of sp³-hybridized carbons (Fsp3) is 0.368. The first-order valence-electron chi connectivity index (χ1n) is 8.18. The minimum atomic E-state index is -0.458. The Labute approximate surface area is 152 Å². The first-order chi connectivity index (χ1) is 12.4. The van der Waals surface area contributed by atoms with Crippen molar-refractivity contribution in [3.63, 3.8) is 0 Å². The lowest BCUT2D eigenvalue weighted by atomic mass is 10.1. The smallest absolute Gasteiger partial charge is 0.339 e. The molecule has 26 heavy (non-hydrogen) atoms. The van der Waals surface area contributed by atoms with Crippen LogP contribution in [-0.2, 0) is 4.74 Å². The minimum absolute atomic E-state index is 0.209. The fourth-order valence-corrected chi connectivity index (χ4v) is 2.64. The van der Waals surface area contributed by atoms with Crippen molar-refractivity contribution in [1.82, 2.24) is 9.88 Å². The molecule has 0 saturated heterocycles. The maximum Gasteiger partial charge on any atom is 0.339 e. The molecule has 0 atom stereocenters. The summed E-state index contributed by atoms with van der Waals surface area (Å²) in [5.41, 5.74) is 1.98. The maximum absolute atomic E-state index is 12.6. The number of methoxy groups -OCH3 is 2. The molecule has 1 aromatic carbocycles. The zero-order valence-corrected chi connectivity index (χ0v) is 15.7. The van der Waals surface area contributed by atoms with Crippen molar-refractivity contribution in [2.45, 2.75) is 13.8 Å². The number of carbonyl (C=O) groups is 2. The van der Waals surface area contributed by atoms with Gasteiger partial charge >= 0.3 is 5.97 Å². The lowest BCUT2D eigenvalue weighted by Crippen LogP contribution is -2.31. The van der Waals surface area contributed by atoms with Crippen LogP contribution in [0.3, 0.4) is 0 Å². The molecule has 0 radical (unpaired) electrons. The van der Waals surface area contributed by atoms with Crippen molar-refractivity contribution in [3.05, 3.63) is 46.8 Å². The Bertz CT molecular complexity index is 780. The van der Waals surface area contributed by atoms with Gasteiger partial charge in [-0.2, -0.15) is 0 Å². The summed E-state index contributed by atoms with van der Waals surface area (Å²) in [5.74, 6) is 0.787. The van der Waals surface area contributed by atoms with Crippen LogP contribution in [-0.4, -0.2) is 56.2 Å². The normalized spacial score (nSPS) is 10.3. The molecule has 0 bridgehead atoms. The average Bonchev–Trinajstić information content (AvgIpc) is 2.95. The molecule has 1 amide bonds. The monoisotopic (exact) mass is 360 g/mol. The first-order valence-corrected chi connectivity index (χ1v) is 8.18. The summed E-state index contributed by atoms with van der Waals surface area (Å²) >= 11 is 0. The van der Waals surface area contributed by atoms with Crippen LogP contribution in [0.4, 0.5) is 0 Å². The number of likely N-dealkylation sites (N-methyl/N-ethyl adjacent to an activating group) is 1. The summed E-state index contributed by atoms with van der Waals surface area (Å²) in [6, 6.07) is 7.23. The van der Waals surface area contributed by atoms with E-state index >= 15 is 0 Å². The summed E-state index contributed by atoms with van der Waals surface area (Å²) in [6.07, 6.45) is 0. The third kappa shape index (κ3) is 4.17. The summed E-state index contributed by atoms with van der Waals surface area (Å²) in [6.45, 7) is 4.21. The average molecular weight is 360 g/mol. The molecule has 0 fully saturated rings. The molecule has 1 aromatic heterocycles. The van der Waals surface area contributed by atoms with E-state index < -0.39 is 5.97 Å². The molecule has 2 aromatic rings. The molecular weight excluding hydrogens is 336 g/mol. The third-order valence-corrected chi connectivity index (χ3v) is 4.14. The number of carbonyl (C=O) groups excluding carboxylic acids is 2. The number of esters is 1. The lowest BCUT2D eigenvalue weighted by Gasteiger charge is -2.17. The zero-order valence-electron chi connectivity index (χ0n) is 15.7. The number of amides is 1. The van der Waals surface area contributed by atoms with Crippen molar-refractivity contribution >= 4 is 11.9 Å². The SMILES string of the molecule is COC(=O)c1c(C)[nH]c(C(=O)N(C)CCOc2ccc(OC)cc2)c1C. The molecule has 0 saturated carbocycles. The van der Waals surface area contributed by atoms with E-state index in [1.165, 1.54) is 7.11 Å². The Morgan fingerprint density at radius 2 is 1.69 bits per heavy atom. The van der Waals surface area contributed by atoms with Crippen LogP contribution in [0.15, 0.2) is 24.3 Å². The van der Waals surface area contributed by atoms with Gasteiger partial charge in [-0.05, 0) is 43.7 Å². The zero-order chi connectivity index (χ0) is 19.3. The maximum atomic E-state index is 12.6. The van der Waals surface area contributed by atoms with E-state index in [0.29, 0.717) is 41.4 Å². The van der Waals surface area contributed by atoms with E-state index in [9.17, 15) is 9.59 Å². The number of hydrogen-bond donors (Lipinski definition) is 1. The van der Waals surface area contributed by atoms with Gasteiger partial charge in [-0.25, -0.2) is 4.79 Å². The summed E-state index contributed by atoms with van der Waals surface area (Å²) < 4.78 is 15.5. The van der Waals surface area contributed by atoms with E-state index in [-0.39, 0.29) is 5.91 Å². The number of benzene rings is 1. The number of aryl methyl sites for hydroxylation is 1. The molecule has 0 aliphatic carbocycles. The molecule has 7 heteroatoms. The highest BCUT2D eigenvalue weighted by molar-refractivity contribution is 6.00. The van der Waals surface area contributed by atoms with Crippen LogP contribution in [0, 0.1) is 13.8 Å². The number of H-pyrrole nitrogens is 1. The van der Waals surface area contributed by atoms with E-state index in [1.54, 1.807) is 32.9 Å². The van der Waals surface area contributed by atoms with Gasteiger partial charge in [0.15, 0.2) is 0 Å². The molecule has 0 unspecified atom stereocenters. The molecule has 1 heterocycles. The van der Waals surface area contributed by atoms with E-state index in [2.05, 4.69) is 4.98 Å². The van der Waals surface area contributed by atoms with Gasteiger partial charge in [0.1, 0.15) is 23.8 Å². The predicted octanol–water partition coefficient (Wildman–Crippen LogP) is 2.58. The number of hydrogen-bond acceptors (Lipinski definition) is 5. The van der Waals surface area contributed by atoms with Crippen LogP contribution < -0.4 is 9.47 Å². The fourth-order valence-electron chi connectivity index (χ4n) is 2.64. The van der Waals surface area contributed by atoms with Crippen LogP contribution in [0.1, 0.15) is 32.1 Å². The standard InChI is InChI=1S/C19H24N2O5/c1-12-16(19(23)25-5)13(2)20-17(12)18(22)21(3)10-11-26-15-8-6-14(24-4)7-9-15/h6-9,20H,10-11H2,1-5H3. The van der Waals surface area contributed by atoms with Gasteiger partial charge in [-0.1, -0.05) is 0 Å². The molecular formula is C19H24N2O5. The van der Waals surface area contributed by atoms with Gasteiger partial charge in [-0.15, -0.1) is 0 Å². The van der Waals surface area contributed by atoms with Crippen molar-refractivity contribution < 1.29 is 23.8 Å². The Morgan fingerprint density at radius 3 is 2.27 bits per heavy atom. The van der Waals surface area contributed by atoms with E-state index in [1.807, 2.05) is 24.3 Å². The quantitative estimate of drug-likeness (QED) is 0.768. The van der Waals surface area contributed by atoms with Crippen molar-refractivity contribution in [3.8, 4) is 11.5 Å². The second kappa shape index (κ2) is 8.42. The summed E-state index contributed by atoms with van der Waals surface area (Å²) in [5, 5.41) is 0. The second-order valence-electron chi connectivity index (χ2n) is 5.87. The Balaban J connectivity index is 1.98. The number of rotatable bonds is 7. The van der Waals surface area contributed by atoms with Gasteiger partial charge in [0.25, 0.3) is 5.91 Å². The van der Waals surface area contributed by atoms with Crippen LogP contribution in [0.5, 0.6) is 11.5 Å². The first kappa shape index (κ1) is 19.4.